The number of nitrogens with one attached hydrogen (secondary N) is 1. The van der Waals surface area contributed by atoms with Gasteiger partial charge in [0.1, 0.15) is 11.0 Å². The molecule has 0 saturated carbocycles. The summed E-state index contributed by atoms with van der Waals surface area (Å²) in [5.74, 6) is -2.06. The Morgan fingerprint density at radius 3 is 2.88 bits per heavy atom. The quantitative estimate of drug-likeness (QED) is 0.410. The first-order valence-electron chi connectivity index (χ1n) is 6.80. The van der Waals surface area contributed by atoms with Crippen LogP contribution in [0.2, 0.25) is 0 Å². The minimum atomic E-state index is -3.14. The van der Waals surface area contributed by atoms with Crippen LogP contribution >= 0.6 is 11.8 Å². The van der Waals surface area contributed by atoms with Crippen molar-refractivity contribution in [1.82, 2.24) is 5.32 Å². The molecule has 2 N–H and O–H groups in total. The predicted molar refractivity (Wildman–Crippen MR) is 86.5 cm³/mol. The first-order chi connectivity index (χ1) is 12.3. The molecule has 26 heavy (non-hydrogen) atoms. The molecule has 0 bridgehead atoms. The number of alkyl halides is 2. The summed E-state index contributed by atoms with van der Waals surface area (Å²) in [5.41, 5.74) is -0.494. The van der Waals surface area contributed by atoms with Gasteiger partial charge in [-0.25, -0.2) is 0 Å². The van der Waals surface area contributed by atoms with Crippen LogP contribution in [0.25, 0.3) is 0 Å². The molecule has 1 heterocycles. The van der Waals surface area contributed by atoms with Crippen LogP contribution in [0, 0.1) is 10.1 Å². The molecule has 13 heteroatoms. The van der Waals surface area contributed by atoms with Crippen molar-refractivity contribution in [1.29, 1.82) is 0 Å². The molecule has 1 aliphatic rings. The number of carbonyl (C=O) groups excluding carboxylic acids is 1. The average molecular weight is 388 g/mol. The number of benzene rings is 1. The van der Waals surface area contributed by atoms with Crippen molar-refractivity contribution in [2.75, 3.05) is 0 Å². The molecule has 1 aromatic rings. The van der Waals surface area contributed by atoms with E-state index in [0.717, 1.165) is 36.2 Å². The molecule has 1 unspecified atom stereocenters. The van der Waals surface area contributed by atoms with E-state index < -0.39 is 35.1 Å². The fraction of sp³-hybridized carbons (Fsp3) is 0.231. The molecule has 0 aromatic heterocycles. The predicted octanol–water partition coefficient (Wildman–Crippen LogP) is 1.59. The molecule has 0 spiro atoms. The van der Waals surface area contributed by atoms with E-state index in [4.69, 9.17) is 5.11 Å². The Morgan fingerprint density at radius 1 is 1.54 bits per heavy atom. The number of carboxylic acids is 1. The van der Waals surface area contributed by atoms with Gasteiger partial charge in [-0.05, 0) is 6.07 Å². The fourth-order valence-electron chi connectivity index (χ4n) is 1.84. The first-order valence-corrected chi connectivity index (χ1v) is 7.68. The van der Waals surface area contributed by atoms with E-state index in [1.54, 1.807) is 0 Å². The SMILES string of the molecule is O=C(O)CC1SC(=NN=Cc2cc([N+](=O)[O-])ccc2OC(F)F)NC1=O. The van der Waals surface area contributed by atoms with Gasteiger partial charge in [-0.3, -0.25) is 19.7 Å². The third-order valence-corrected chi connectivity index (χ3v) is 3.97. The van der Waals surface area contributed by atoms with Gasteiger partial charge in [-0.15, -0.1) is 5.10 Å². The van der Waals surface area contributed by atoms with Crippen LogP contribution in [0.4, 0.5) is 14.5 Å². The summed E-state index contributed by atoms with van der Waals surface area (Å²) in [5, 5.41) is 28.1. The lowest BCUT2D eigenvalue weighted by molar-refractivity contribution is -0.384. The zero-order valence-corrected chi connectivity index (χ0v) is 13.5. The fourth-order valence-corrected chi connectivity index (χ4v) is 2.76. The number of hydrogen-bond donors (Lipinski definition) is 2. The highest BCUT2D eigenvalue weighted by Gasteiger charge is 2.32. The molecule has 1 aromatic carbocycles. The van der Waals surface area contributed by atoms with E-state index in [1.807, 2.05) is 0 Å². The Balaban J connectivity index is 2.18. The Hall–Kier alpha value is -3.09. The maximum absolute atomic E-state index is 12.4. The maximum atomic E-state index is 12.4. The smallest absolute Gasteiger partial charge is 0.387 e. The van der Waals surface area contributed by atoms with E-state index in [1.165, 1.54) is 0 Å². The lowest BCUT2D eigenvalue weighted by Crippen LogP contribution is -2.26. The van der Waals surface area contributed by atoms with E-state index >= 15 is 0 Å². The Bertz CT molecular complexity index is 801. The summed E-state index contributed by atoms with van der Waals surface area (Å²) in [4.78, 5) is 32.2. The number of amidine groups is 1. The molecule has 1 aliphatic heterocycles. The number of amides is 1. The van der Waals surface area contributed by atoms with E-state index in [-0.39, 0.29) is 22.2 Å². The molecule has 1 saturated heterocycles. The van der Waals surface area contributed by atoms with E-state index in [2.05, 4.69) is 20.3 Å². The van der Waals surface area contributed by atoms with Crippen LogP contribution in [0.1, 0.15) is 12.0 Å². The Labute approximate surface area is 148 Å². The van der Waals surface area contributed by atoms with Gasteiger partial charge in [0.15, 0.2) is 5.17 Å². The van der Waals surface area contributed by atoms with Crippen LogP contribution in [0.3, 0.4) is 0 Å². The van der Waals surface area contributed by atoms with Gasteiger partial charge in [0.2, 0.25) is 5.91 Å². The number of thioether (sulfide) groups is 1. The first kappa shape index (κ1) is 19.2. The van der Waals surface area contributed by atoms with Gasteiger partial charge in [-0.1, -0.05) is 11.8 Å². The number of halogens is 2. The second kappa shape index (κ2) is 8.33. The normalized spacial score (nSPS) is 18.5. The zero-order valence-electron chi connectivity index (χ0n) is 12.7. The van der Waals surface area contributed by atoms with Gasteiger partial charge in [0.05, 0.1) is 17.6 Å². The zero-order chi connectivity index (χ0) is 19.3. The van der Waals surface area contributed by atoms with Crippen LogP contribution in [-0.2, 0) is 9.59 Å². The highest BCUT2D eigenvalue weighted by atomic mass is 32.2. The number of nitro benzene ring substituents is 1. The summed E-state index contributed by atoms with van der Waals surface area (Å²) in [7, 11) is 0. The lowest BCUT2D eigenvalue weighted by Gasteiger charge is -2.06. The highest BCUT2D eigenvalue weighted by Crippen LogP contribution is 2.25. The molecule has 2 rings (SSSR count). The standard InChI is InChI=1S/C13H10F2N4O6S/c14-12(15)25-8-2-1-7(19(23)24)3-6(8)5-16-18-13-17-11(22)9(26-13)4-10(20)21/h1-3,5,9,12H,4H2,(H,20,21)(H,17,18,22). The largest absolute Gasteiger partial charge is 0.481 e. The third-order valence-electron chi connectivity index (χ3n) is 2.90. The molecule has 10 nitrogen and oxygen atoms in total. The molecular weight excluding hydrogens is 378 g/mol. The second-order valence-electron chi connectivity index (χ2n) is 4.70. The van der Waals surface area contributed by atoms with Crippen molar-refractivity contribution in [2.24, 2.45) is 10.2 Å². The number of non-ortho nitro benzene ring substituents is 1. The number of carboxylic acid groups (broad SMARTS) is 1. The lowest BCUT2D eigenvalue weighted by atomic mass is 10.2. The molecule has 0 aliphatic carbocycles. The topological polar surface area (TPSA) is 143 Å². The number of rotatable bonds is 7. The summed E-state index contributed by atoms with van der Waals surface area (Å²) < 4.78 is 29.0. The van der Waals surface area contributed by atoms with Crippen molar-refractivity contribution in [3.8, 4) is 5.75 Å². The van der Waals surface area contributed by atoms with Crippen molar-refractivity contribution in [3.05, 3.63) is 33.9 Å². The minimum Gasteiger partial charge on any atom is -0.481 e. The van der Waals surface area contributed by atoms with Crippen molar-refractivity contribution in [2.45, 2.75) is 18.3 Å². The summed E-state index contributed by atoms with van der Waals surface area (Å²) >= 11 is 0.840. The maximum Gasteiger partial charge on any atom is 0.387 e. The molecule has 0 radical (unpaired) electrons. The van der Waals surface area contributed by atoms with Crippen molar-refractivity contribution >= 4 is 40.7 Å². The van der Waals surface area contributed by atoms with Crippen LogP contribution in [0.15, 0.2) is 28.4 Å². The van der Waals surface area contributed by atoms with Crippen LogP contribution in [-0.4, -0.2) is 45.2 Å². The number of hydrogen-bond acceptors (Lipinski definition) is 8. The van der Waals surface area contributed by atoms with Gasteiger partial charge >= 0.3 is 12.6 Å². The van der Waals surface area contributed by atoms with Gasteiger partial charge in [0, 0.05) is 17.7 Å². The summed E-state index contributed by atoms with van der Waals surface area (Å²) in [6.45, 7) is -3.14. The molecule has 1 amide bonds. The summed E-state index contributed by atoms with van der Waals surface area (Å²) in [6.07, 6.45) is 0.533. The summed E-state index contributed by atoms with van der Waals surface area (Å²) in [6, 6.07) is 2.95. The number of nitro groups is 1. The second-order valence-corrected chi connectivity index (χ2v) is 5.89. The molecule has 138 valence electrons. The van der Waals surface area contributed by atoms with Gasteiger partial charge < -0.3 is 15.2 Å². The monoisotopic (exact) mass is 388 g/mol. The van der Waals surface area contributed by atoms with Crippen molar-refractivity contribution < 1.29 is 33.1 Å². The van der Waals surface area contributed by atoms with E-state index in [0.29, 0.717) is 0 Å². The minimum absolute atomic E-state index is 0.0132. The third kappa shape index (κ3) is 5.20. The molecule has 1 atom stereocenters. The van der Waals surface area contributed by atoms with Gasteiger partial charge in [0.25, 0.3) is 5.69 Å². The molecule has 1 fully saturated rings. The van der Waals surface area contributed by atoms with Gasteiger partial charge in [-0.2, -0.15) is 13.9 Å². The number of carbonyl (C=O) groups is 2. The molecular formula is C13H10F2N4O6S. The van der Waals surface area contributed by atoms with E-state index in [9.17, 15) is 28.5 Å². The number of aliphatic carboxylic acids is 1. The number of ether oxygens (including phenoxy) is 1. The Kier molecular flexibility index (Phi) is 6.16. The Morgan fingerprint density at radius 2 is 2.27 bits per heavy atom. The van der Waals surface area contributed by atoms with Crippen LogP contribution < -0.4 is 10.1 Å². The number of nitrogens with zero attached hydrogens (tertiary/aromatic N) is 3. The highest BCUT2D eigenvalue weighted by molar-refractivity contribution is 8.15. The average Bonchev–Trinajstić information content (AvgIpc) is 2.87. The van der Waals surface area contributed by atoms with Crippen molar-refractivity contribution in [3.63, 3.8) is 0 Å². The van der Waals surface area contributed by atoms with Crippen LogP contribution in [0.5, 0.6) is 5.75 Å².